The fraction of sp³-hybridized carbons (Fsp3) is 0.765. The Bertz CT molecular complexity index is 709. The van der Waals surface area contributed by atoms with Crippen LogP contribution in [0, 0.1) is 0 Å². The lowest BCUT2D eigenvalue weighted by molar-refractivity contribution is -0.141. The molecule has 9 heteroatoms. The van der Waals surface area contributed by atoms with Crippen molar-refractivity contribution in [3.05, 3.63) is 5.69 Å². The second-order valence-electron chi connectivity index (χ2n) is 8.39. The van der Waals surface area contributed by atoms with Crippen molar-refractivity contribution in [2.24, 2.45) is 0 Å². The zero-order valence-electron chi connectivity index (χ0n) is 15.9. The monoisotopic (exact) mass is 381 g/mol. The molecule has 1 saturated carbocycles. The summed E-state index contributed by atoms with van der Waals surface area (Å²) in [5.74, 6) is -0.392. The van der Waals surface area contributed by atoms with Gasteiger partial charge in [-0.25, -0.2) is 0 Å². The molecule has 1 aromatic heterocycles. The van der Waals surface area contributed by atoms with Gasteiger partial charge in [-0.3, -0.25) is 9.59 Å². The normalized spacial score (nSPS) is 27.5. The predicted octanol–water partition coefficient (Wildman–Crippen LogP) is 1.36. The first kappa shape index (κ1) is 19.0. The summed E-state index contributed by atoms with van der Waals surface area (Å²) in [5, 5.41) is 14.1. The molecule has 2 unspecified atom stereocenters. The van der Waals surface area contributed by atoms with Crippen molar-refractivity contribution in [3.8, 4) is 0 Å². The van der Waals surface area contributed by atoms with Crippen LogP contribution in [0.3, 0.4) is 0 Å². The van der Waals surface area contributed by atoms with Gasteiger partial charge < -0.3 is 20.2 Å². The van der Waals surface area contributed by atoms with E-state index in [1.807, 2.05) is 20.8 Å². The number of amides is 2. The van der Waals surface area contributed by atoms with E-state index in [1.54, 1.807) is 18.9 Å². The maximum Gasteiger partial charge on any atom is 0.278 e. The maximum absolute atomic E-state index is 13.4. The first-order chi connectivity index (χ1) is 12.1. The van der Waals surface area contributed by atoms with Crippen molar-refractivity contribution in [1.29, 1.82) is 0 Å². The van der Waals surface area contributed by atoms with Gasteiger partial charge in [0.1, 0.15) is 0 Å². The minimum Gasteiger partial charge on any atom is -0.371 e. The lowest BCUT2D eigenvalue weighted by Gasteiger charge is -2.46. The molecule has 0 spiro atoms. The molecule has 2 atom stereocenters. The number of anilines is 1. The number of aliphatic hydroxyl groups is 1. The summed E-state index contributed by atoms with van der Waals surface area (Å²) in [6, 6.07) is -0.103. The number of nitrogens with zero attached hydrogens (tertiary/aromatic N) is 4. The van der Waals surface area contributed by atoms with E-state index in [4.69, 9.17) is 0 Å². The molecule has 2 amide bonds. The van der Waals surface area contributed by atoms with E-state index in [0.29, 0.717) is 5.82 Å². The molecule has 1 aliphatic carbocycles. The third-order valence-corrected chi connectivity index (χ3v) is 5.75. The van der Waals surface area contributed by atoms with E-state index in [0.717, 1.165) is 37.4 Å². The summed E-state index contributed by atoms with van der Waals surface area (Å²) >= 11 is 0.936. The van der Waals surface area contributed by atoms with Gasteiger partial charge in [-0.1, -0.05) is 12.8 Å². The first-order valence-corrected chi connectivity index (χ1v) is 9.70. The Labute approximate surface area is 157 Å². The lowest BCUT2D eigenvalue weighted by atomic mass is 9.91. The van der Waals surface area contributed by atoms with Crippen LogP contribution >= 0.6 is 11.7 Å². The maximum atomic E-state index is 13.4. The van der Waals surface area contributed by atoms with Gasteiger partial charge in [0, 0.05) is 18.6 Å². The average Bonchev–Trinajstić information content (AvgIpc) is 3.21. The molecule has 1 aliphatic heterocycles. The SMILES string of the molecule is CN1c2nsnc2C(=O)N(C2CCCC2)C(C)(C(=O)NC(C)(C)C)C1O. The van der Waals surface area contributed by atoms with E-state index >= 15 is 0 Å². The topological polar surface area (TPSA) is 98.7 Å². The summed E-state index contributed by atoms with van der Waals surface area (Å²) in [6.07, 6.45) is 2.39. The van der Waals surface area contributed by atoms with Gasteiger partial charge in [0.2, 0.25) is 0 Å². The number of aromatic nitrogens is 2. The van der Waals surface area contributed by atoms with Gasteiger partial charge >= 0.3 is 0 Å². The van der Waals surface area contributed by atoms with Crippen LogP contribution in [0.5, 0.6) is 0 Å². The van der Waals surface area contributed by atoms with Crippen LogP contribution in [-0.2, 0) is 4.79 Å². The lowest BCUT2D eigenvalue weighted by Crippen LogP contribution is -2.70. The van der Waals surface area contributed by atoms with Crippen molar-refractivity contribution in [3.63, 3.8) is 0 Å². The van der Waals surface area contributed by atoms with E-state index in [2.05, 4.69) is 14.1 Å². The van der Waals surface area contributed by atoms with Crippen LogP contribution in [0.2, 0.25) is 0 Å². The van der Waals surface area contributed by atoms with Crippen molar-refractivity contribution in [2.45, 2.75) is 76.7 Å². The summed E-state index contributed by atoms with van der Waals surface area (Å²) in [4.78, 5) is 29.7. The van der Waals surface area contributed by atoms with E-state index in [9.17, 15) is 14.7 Å². The van der Waals surface area contributed by atoms with Crippen LogP contribution in [0.15, 0.2) is 0 Å². The molecule has 1 aromatic rings. The third-order valence-electron chi connectivity index (χ3n) is 5.23. The number of carbonyl (C=O) groups is 2. The molecule has 1 fully saturated rings. The minimum atomic E-state index is -1.45. The predicted molar refractivity (Wildman–Crippen MR) is 99.0 cm³/mol. The number of aliphatic hydroxyl groups excluding tert-OH is 1. The highest BCUT2D eigenvalue weighted by Crippen LogP contribution is 2.39. The zero-order valence-corrected chi connectivity index (χ0v) is 16.8. The first-order valence-electron chi connectivity index (χ1n) is 8.97. The van der Waals surface area contributed by atoms with Crippen LogP contribution in [0.25, 0.3) is 0 Å². The largest absolute Gasteiger partial charge is 0.371 e. The molecule has 8 nitrogen and oxygen atoms in total. The smallest absolute Gasteiger partial charge is 0.278 e. The Morgan fingerprint density at radius 1 is 1.31 bits per heavy atom. The van der Waals surface area contributed by atoms with E-state index in [-0.39, 0.29) is 23.6 Å². The summed E-state index contributed by atoms with van der Waals surface area (Å²) < 4.78 is 8.34. The van der Waals surface area contributed by atoms with Crippen molar-refractivity contribution in [1.82, 2.24) is 19.0 Å². The molecular formula is C17H27N5O3S. The standard InChI is InChI=1S/C17H27N5O3S/c1-16(2,3)18-14(24)17(4)15(25)21(5)12-11(19-26-20-12)13(23)22(17)10-8-6-7-9-10/h10,15,25H,6-9H2,1-5H3,(H,18,24). The van der Waals surface area contributed by atoms with Gasteiger partial charge in [0.15, 0.2) is 23.3 Å². The quantitative estimate of drug-likeness (QED) is 0.803. The average molecular weight is 382 g/mol. The van der Waals surface area contributed by atoms with Gasteiger partial charge in [-0.05, 0) is 40.5 Å². The van der Waals surface area contributed by atoms with Crippen molar-refractivity contribution >= 4 is 29.4 Å². The molecule has 0 aromatic carbocycles. The summed E-state index contributed by atoms with van der Waals surface area (Å²) in [6.45, 7) is 7.27. The third kappa shape index (κ3) is 2.96. The van der Waals surface area contributed by atoms with Gasteiger partial charge in [0.05, 0.1) is 11.7 Å². The Kier molecular flexibility index (Phi) is 4.72. The van der Waals surface area contributed by atoms with Gasteiger partial charge in [0.25, 0.3) is 11.8 Å². The Morgan fingerprint density at radius 3 is 2.50 bits per heavy atom. The number of nitrogens with one attached hydrogen (secondary N) is 1. The molecule has 2 heterocycles. The number of rotatable bonds is 2. The molecule has 2 aliphatic rings. The Balaban J connectivity index is 2.13. The molecule has 144 valence electrons. The van der Waals surface area contributed by atoms with Crippen molar-refractivity contribution < 1.29 is 14.7 Å². The Morgan fingerprint density at radius 2 is 1.92 bits per heavy atom. The van der Waals surface area contributed by atoms with Gasteiger partial charge in [-0.15, -0.1) is 0 Å². The molecule has 3 rings (SSSR count). The molecule has 0 bridgehead atoms. The second kappa shape index (κ2) is 6.45. The van der Waals surface area contributed by atoms with Gasteiger partial charge in [-0.2, -0.15) is 8.75 Å². The minimum absolute atomic E-state index is 0.103. The fourth-order valence-electron chi connectivity index (χ4n) is 3.89. The highest BCUT2D eigenvalue weighted by Gasteiger charge is 2.56. The van der Waals surface area contributed by atoms with Crippen LogP contribution in [0.1, 0.15) is 63.9 Å². The van der Waals surface area contributed by atoms with Crippen LogP contribution < -0.4 is 10.2 Å². The van der Waals surface area contributed by atoms with E-state index in [1.165, 1.54) is 4.90 Å². The second-order valence-corrected chi connectivity index (χ2v) is 8.91. The number of carbonyl (C=O) groups excluding carboxylic acids is 2. The number of hydrogen-bond donors (Lipinski definition) is 2. The van der Waals surface area contributed by atoms with Crippen LogP contribution in [-0.4, -0.2) is 61.0 Å². The van der Waals surface area contributed by atoms with Crippen molar-refractivity contribution in [2.75, 3.05) is 11.9 Å². The summed E-state index contributed by atoms with van der Waals surface area (Å²) in [5.41, 5.74) is -1.74. The zero-order chi connectivity index (χ0) is 19.3. The number of fused-ring (bicyclic) bond motifs is 1. The molecular weight excluding hydrogens is 354 g/mol. The molecule has 2 N–H and O–H groups in total. The van der Waals surface area contributed by atoms with E-state index < -0.39 is 17.3 Å². The fourth-order valence-corrected chi connectivity index (χ4v) is 4.47. The summed E-state index contributed by atoms with van der Waals surface area (Å²) in [7, 11) is 1.64. The Hall–Kier alpha value is -1.74. The number of hydrogen-bond acceptors (Lipinski definition) is 7. The molecule has 0 radical (unpaired) electrons. The highest BCUT2D eigenvalue weighted by molar-refractivity contribution is 6.99. The number of likely N-dealkylation sites (N-methyl/N-ethyl adjacent to an activating group) is 1. The highest BCUT2D eigenvalue weighted by atomic mass is 32.1. The van der Waals surface area contributed by atoms with Crippen LogP contribution in [0.4, 0.5) is 5.82 Å². The molecule has 0 saturated heterocycles. The molecule has 26 heavy (non-hydrogen) atoms.